The van der Waals surface area contributed by atoms with Gasteiger partial charge in [-0.1, -0.05) is 40.2 Å². The molecule has 30 heavy (non-hydrogen) atoms. The molecule has 0 radical (unpaired) electrons. The van der Waals surface area contributed by atoms with Gasteiger partial charge in [0, 0.05) is 42.8 Å². The lowest BCUT2D eigenvalue weighted by Gasteiger charge is -2.22. The second-order valence-corrected chi connectivity index (χ2v) is 8.22. The van der Waals surface area contributed by atoms with Gasteiger partial charge in [0.2, 0.25) is 5.91 Å². The molecule has 0 saturated carbocycles. The van der Waals surface area contributed by atoms with Gasteiger partial charge in [-0.3, -0.25) is 24.4 Å². The number of carbonyl (C=O) groups is 2. The number of nitrogens with zero attached hydrogens (tertiary/aromatic N) is 4. The van der Waals surface area contributed by atoms with E-state index in [-0.39, 0.29) is 29.1 Å². The number of nitro groups is 1. The molecule has 1 heterocycles. The maximum absolute atomic E-state index is 12.9. The van der Waals surface area contributed by atoms with Crippen molar-refractivity contribution in [1.29, 1.82) is 0 Å². The number of unbranched alkanes of at least 4 members (excludes halogenated alkanes) is 1. The highest BCUT2D eigenvalue weighted by atomic mass is 16.6. The highest BCUT2D eigenvalue weighted by molar-refractivity contribution is 5.99. The van der Waals surface area contributed by atoms with Crippen molar-refractivity contribution >= 4 is 23.3 Å². The van der Waals surface area contributed by atoms with E-state index in [2.05, 4.69) is 10.4 Å². The second kappa shape index (κ2) is 9.51. The third kappa shape index (κ3) is 5.88. The summed E-state index contributed by atoms with van der Waals surface area (Å²) in [5, 5.41) is 18.2. The molecule has 162 valence electrons. The van der Waals surface area contributed by atoms with Crippen molar-refractivity contribution in [1.82, 2.24) is 14.7 Å². The summed E-state index contributed by atoms with van der Waals surface area (Å²) >= 11 is 0. The first-order valence-electron chi connectivity index (χ1n) is 9.91. The molecule has 0 saturated heterocycles. The molecule has 0 aliphatic rings. The number of anilines is 1. The SMILES string of the molecule is CCCCN(CC(=O)Nc1cc(C(C)(C)C)nn1C)C(=O)c1cccc([N+](=O)[O-])c1. The van der Waals surface area contributed by atoms with Gasteiger partial charge in [0.1, 0.15) is 12.4 Å². The van der Waals surface area contributed by atoms with Crippen LogP contribution in [0.5, 0.6) is 0 Å². The first-order valence-corrected chi connectivity index (χ1v) is 9.91. The van der Waals surface area contributed by atoms with E-state index in [1.807, 2.05) is 33.8 Å². The average molecular weight is 415 g/mol. The fourth-order valence-electron chi connectivity index (χ4n) is 2.84. The zero-order valence-electron chi connectivity index (χ0n) is 18.1. The summed E-state index contributed by atoms with van der Waals surface area (Å²) in [6.07, 6.45) is 1.56. The summed E-state index contributed by atoms with van der Waals surface area (Å²) in [4.78, 5) is 37.5. The van der Waals surface area contributed by atoms with Crippen LogP contribution in [0.25, 0.3) is 0 Å². The van der Waals surface area contributed by atoms with E-state index >= 15 is 0 Å². The third-order valence-electron chi connectivity index (χ3n) is 4.62. The van der Waals surface area contributed by atoms with E-state index in [4.69, 9.17) is 0 Å². The number of hydrogen-bond acceptors (Lipinski definition) is 5. The van der Waals surface area contributed by atoms with Crippen LogP contribution in [-0.2, 0) is 17.3 Å². The summed E-state index contributed by atoms with van der Waals surface area (Å²) in [5.74, 6) is -0.223. The lowest BCUT2D eigenvalue weighted by molar-refractivity contribution is -0.384. The molecule has 9 heteroatoms. The number of nitrogens with one attached hydrogen (secondary N) is 1. The summed E-state index contributed by atoms with van der Waals surface area (Å²) in [6.45, 7) is 8.31. The molecule has 1 aromatic heterocycles. The quantitative estimate of drug-likeness (QED) is 0.524. The van der Waals surface area contributed by atoms with Crippen molar-refractivity contribution in [3.63, 3.8) is 0 Å². The van der Waals surface area contributed by atoms with Crippen LogP contribution in [0.1, 0.15) is 56.6 Å². The van der Waals surface area contributed by atoms with Crippen LogP contribution in [0.3, 0.4) is 0 Å². The smallest absolute Gasteiger partial charge is 0.270 e. The van der Waals surface area contributed by atoms with Gasteiger partial charge in [-0.05, 0) is 12.5 Å². The number of benzene rings is 1. The Morgan fingerprint density at radius 1 is 1.27 bits per heavy atom. The first kappa shape index (κ1) is 23.1. The van der Waals surface area contributed by atoms with Crippen molar-refractivity contribution in [2.24, 2.45) is 7.05 Å². The minimum atomic E-state index is -0.547. The van der Waals surface area contributed by atoms with Gasteiger partial charge in [-0.2, -0.15) is 5.10 Å². The van der Waals surface area contributed by atoms with Gasteiger partial charge in [0.15, 0.2) is 0 Å². The minimum Gasteiger partial charge on any atom is -0.329 e. The first-order chi connectivity index (χ1) is 14.0. The molecule has 1 aromatic carbocycles. The van der Waals surface area contributed by atoms with Crippen LogP contribution in [0.15, 0.2) is 30.3 Å². The molecule has 0 bridgehead atoms. The molecule has 0 atom stereocenters. The van der Waals surface area contributed by atoms with Crippen LogP contribution in [-0.4, -0.2) is 44.5 Å². The molecular weight excluding hydrogens is 386 g/mol. The zero-order chi connectivity index (χ0) is 22.5. The van der Waals surface area contributed by atoms with Crippen LogP contribution >= 0.6 is 0 Å². The average Bonchev–Trinajstić information content (AvgIpc) is 3.05. The van der Waals surface area contributed by atoms with Gasteiger partial charge in [0.05, 0.1) is 10.6 Å². The predicted octanol–water partition coefficient (Wildman–Crippen LogP) is 3.51. The highest BCUT2D eigenvalue weighted by Gasteiger charge is 2.23. The standard InChI is InChI=1S/C21H29N5O4/c1-6-7-11-25(20(28)15-9-8-10-16(12-15)26(29)30)14-19(27)22-18-13-17(21(2,3)4)23-24(18)5/h8-10,12-13H,6-7,11,14H2,1-5H3,(H,22,27). The van der Waals surface area contributed by atoms with Crippen LogP contribution in [0, 0.1) is 10.1 Å². The summed E-state index contributed by atoms with van der Waals surface area (Å²) in [7, 11) is 1.74. The molecule has 1 N–H and O–H groups in total. The maximum atomic E-state index is 12.9. The number of nitro benzene ring substituents is 1. The largest absolute Gasteiger partial charge is 0.329 e. The number of aryl methyl sites for hydroxylation is 1. The van der Waals surface area contributed by atoms with Crippen molar-refractivity contribution in [2.75, 3.05) is 18.4 Å². The molecule has 0 aliphatic carbocycles. The Bertz CT molecular complexity index is 930. The Morgan fingerprint density at radius 3 is 2.53 bits per heavy atom. The third-order valence-corrected chi connectivity index (χ3v) is 4.62. The number of rotatable bonds is 8. The fraction of sp³-hybridized carbons (Fsp3) is 0.476. The summed E-state index contributed by atoms with van der Waals surface area (Å²) < 4.78 is 1.59. The van der Waals surface area contributed by atoms with Crippen molar-refractivity contribution in [3.8, 4) is 0 Å². The van der Waals surface area contributed by atoms with E-state index < -0.39 is 10.8 Å². The van der Waals surface area contributed by atoms with Gasteiger partial charge in [-0.15, -0.1) is 0 Å². The molecule has 0 fully saturated rings. The van der Waals surface area contributed by atoms with Crippen molar-refractivity contribution < 1.29 is 14.5 Å². The van der Waals surface area contributed by atoms with E-state index in [0.29, 0.717) is 18.8 Å². The molecule has 0 aliphatic heterocycles. The Kier molecular flexibility index (Phi) is 7.31. The lowest BCUT2D eigenvalue weighted by atomic mass is 9.92. The summed E-state index contributed by atoms with van der Waals surface area (Å²) in [6, 6.07) is 7.36. The summed E-state index contributed by atoms with van der Waals surface area (Å²) in [5.41, 5.74) is 0.705. The number of aromatic nitrogens is 2. The molecule has 2 rings (SSSR count). The highest BCUT2D eigenvalue weighted by Crippen LogP contribution is 2.23. The second-order valence-electron chi connectivity index (χ2n) is 8.22. The maximum Gasteiger partial charge on any atom is 0.270 e. The van der Waals surface area contributed by atoms with E-state index in [1.54, 1.807) is 11.7 Å². The van der Waals surface area contributed by atoms with E-state index in [9.17, 15) is 19.7 Å². The number of non-ortho nitro benzene ring substituents is 1. The molecule has 9 nitrogen and oxygen atoms in total. The van der Waals surface area contributed by atoms with Gasteiger partial charge >= 0.3 is 0 Å². The van der Waals surface area contributed by atoms with Gasteiger partial charge < -0.3 is 10.2 Å². The van der Waals surface area contributed by atoms with Gasteiger partial charge in [-0.25, -0.2) is 0 Å². The molecule has 2 aromatic rings. The van der Waals surface area contributed by atoms with Crippen LogP contribution in [0.4, 0.5) is 11.5 Å². The predicted molar refractivity (Wildman–Crippen MR) is 114 cm³/mol. The van der Waals surface area contributed by atoms with E-state index in [1.165, 1.54) is 29.2 Å². The number of hydrogen-bond donors (Lipinski definition) is 1. The normalized spacial score (nSPS) is 11.2. The fourth-order valence-corrected chi connectivity index (χ4v) is 2.84. The number of amides is 2. The zero-order valence-corrected chi connectivity index (χ0v) is 18.1. The van der Waals surface area contributed by atoms with Crippen LogP contribution < -0.4 is 5.32 Å². The molecule has 0 spiro atoms. The Hall–Kier alpha value is -3.23. The van der Waals surface area contributed by atoms with Crippen molar-refractivity contribution in [3.05, 3.63) is 51.7 Å². The van der Waals surface area contributed by atoms with Crippen molar-refractivity contribution in [2.45, 2.75) is 46.0 Å². The Morgan fingerprint density at radius 2 is 1.97 bits per heavy atom. The number of carbonyl (C=O) groups excluding carboxylic acids is 2. The Balaban J connectivity index is 2.17. The molecular formula is C21H29N5O4. The lowest BCUT2D eigenvalue weighted by Crippen LogP contribution is -2.39. The topological polar surface area (TPSA) is 110 Å². The monoisotopic (exact) mass is 415 g/mol. The molecule has 0 unspecified atom stereocenters. The van der Waals surface area contributed by atoms with Gasteiger partial charge in [0.25, 0.3) is 11.6 Å². The van der Waals surface area contributed by atoms with E-state index in [0.717, 1.165) is 12.1 Å². The minimum absolute atomic E-state index is 0.155. The molecule has 2 amide bonds. The van der Waals surface area contributed by atoms with Crippen LogP contribution in [0.2, 0.25) is 0 Å². The Labute approximate surface area is 176 Å².